The summed E-state index contributed by atoms with van der Waals surface area (Å²) in [6.45, 7) is 3.48. The molecule has 5 nitrogen and oxygen atoms in total. The van der Waals surface area contributed by atoms with Crippen LogP contribution in [0.1, 0.15) is 13.8 Å². The first kappa shape index (κ1) is 12.0. The largest absolute Gasteiger partial charge is 0.508 e. The molecule has 1 aliphatic heterocycles. The number of rotatable bonds is 3. The van der Waals surface area contributed by atoms with E-state index in [2.05, 4.69) is 4.74 Å². The van der Waals surface area contributed by atoms with E-state index >= 15 is 0 Å². The number of ether oxygens (including phenoxy) is 2. The van der Waals surface area contributed by atoms with Gasteiger partial charge in [-0.05, 0) is 19.9 Å². The zero-order valence-corrected chi connectivity index (χ0v) is 9.02. The number of aliphatic hydroxyl groups is 1. The molecular formula is C11H12O5. The van der Waals surface area contributed by atoms with Gasteiger partial charge in [-0.1, -0.05) is 0 Å². The second-order valence-corrected chi connectivity index (χ2v) is 3.08. The summed E-state index contributed by atoms with van der Waals surface area (Å²) in [5, 5.41) is 9.34. The van der Waals surface area contributed by atoms with Crippen LogP contribution in [0.5, 0.6) is 0 Å². The molecule has 86 valence electrons. The topological polar surface area (TPSA) is 72.8 Å². The van der Waals surface area contributed by atoms with Gasteiger partial charge in [0.05, 0.1) is 12.7 Å². The van der Waals surface area contributed by atoms with Crippen LogP contribution in [0.3, 0.4) is 0 Å². The van der Waals surface area contributed by atoms with Crippen molar-refractivity contribution in [3.63, 3.8) is 0 Å². The van der Waals surface area contributed by atoms with Gasteiger partial charge < -0.3 is 14.6 Å². The zero-order chi connectivity index (χ0) is 12.1. The molecule has 1 rings (SSSR count). The first-order valence-electron chi connectivity index (χ1n) is 4.72. The Labute approximate surface area is 92.7 Å². The van der Waals surface area contributed by atoms with E-state index in [1.165, 1.54) is 12.2 Å². The minimum atomic E-state index is -0.651. The average Bonchev–Trinajstić information content (AvgIpc) is 2.45. The van der Waals surface area contributed by atoms with E-state index in [4.69, 9.17) is 4.74 Å². The summed E-state index contributed by atoms with van der Waals surface area (Å²) >= 11 is 0. The highest BCUT2D eigenvalue weighted by atomic mass is 16.5. The van der Waals surface area contributed by atoms with Crippen molar-refractivity contribution < 1.29 is 24.2 Å². The third kappa shape index (κ3) is 3.27. The molecule has 0 unspecified atom stereocenters. The Kier molecular flexibility index (Phi) is 3.88. The van der Waals surface area contributed by atoms with Crippen LogP contribution < -0.4 is 0 Å². The summed E-state index contributed by atoms with van der Waals surface area (Å²) in [5.74, 6) is -1.25. The molecule has 0 aromatic carbocycles. The maximum atomic E-state index is 11.0. The third-order valence-electron chi connectivity index (χ3n) is 1.73. The van der Waals surface area contributed by atoms with Gasteiger partial charge in [-0.3, -0.25) is 0 Å². The molecule has 0 aromatic heterocycles. The van der Waals surface area contributed by atoms with E-state index in [9.17, 15) is 14.7 Å². The number of aliphatic hydroxyl groups excluding tert-OH is 1. The summed E-state index contributed by atoms with van der Waals surface area (Å²) in [6, 6.07) is 0. The molecular weight excluding hydrogens is 212 g/mol. The van der Waals surface area contributed by atoms with E-state index in [0.717, 1.165) is 6.08 Å². The standard InChI is InChI=1S/C11H12O5/c1-3-15-10(13)6-8(12)5-9-4-7(2)11(14)16-9/h4-6,12H,3H2,1-2H3/b8-6-,9-5+. The monoisotopic (exact) mass is 224 g/mol. The van der Waals surface area contributed by atoms with E-state index in [1.807, 2.05) is 0 Å². The molecule has 0 aliphatic carbocycles. The SMILES string of the molecule is CCOC(=O)/C=C(O)/C=C1\C=C(C)C(=O)O1. The molecule has 1 heterocycles. The molecule has 5 heteroatoms. The number of cyclic esters (lactones) is 1. The van der Waals surface area contributed by atoms with Crippen LogP contribution in [-0.2, 0) is 19.1 Å². The highest BCUT2D eigenvalue weighted by molar-refractivity contribution is 5.92. The molecule has 16 heavy (non-hydrogen) atoms. The number of hydrogen-bond donors (Lipinski definition) is 1. The number of esters is 2. The van der Waals surface area contributed by atoms with E-state index in [0.29, 0.717) is 5.57 Å². The van der Waals surface area contributed by atoms with Crippen LogP contribution in [0.25, 0.3) is 0 Å². The van der Waals surface area contributed by atoms with E-state index in [-0.39, 0.29) is 18.1 Å². The van der Waals surface area contributed by atoms with Crippen molar-refractivity contribution in [3.8, 4) is 0 Å². The highest BCUT2D eigenvalue weighted by Crippen LogP contribution is 2.17. The summed E-state index contributed by atoms with van der Waals surface area (Å²) in [6.07, 6.45) is 3.55. The molecule has 0 aromatic rings. The molecule has 0 saturated heterocycles. The Hall–Kier alpha value is -2.04. The normalized spacial score (nSPS) is 18.4. The lowest BCUT2D eigenvalue weighted by Crippen LogP contribution is -2.01. The minimum absolute atomic E-state index is 0.195. The molecule has 0 atom stereocenters. The lowest BCUT2D eigenvalue weighted by atomic mass is 10.3. The van der Waals surface area contributed by atoms with Crippen molar-refractivity contribution in [2.45, 2.75) is 13.8 Å². The number of carbonyl (C=O) groups excluding carboxylic acids is 2. The second kappa shape index (κ2) is 5.16. The molecule has 0 saturated carbocycles. The van der Waals surface area contributed by atoms with Crippen molar-refractivity contribution >= 4 is 11.9 Å². The summed E-state index contributed by atoms with van der Waals surface area (Å²) in [7, 11) is 0. The zero-order valence-electron chi connectivity index (χ0n) is 9.02. The summed E-state index contributed by atoms with van der Waals surface area (Å²) in [4.78, 5) is 21.9. The van der Waals surface area contributed by atoms with Gasteiger partial charge in [-0.2, -0.15) is 0 Å². The van der Waals surface area contributed by atoms with Crippen LogP contribution in [0.4, 0.5) is 0 Å². The van der Waals surface area contributed by atoms with Crippen molar-refractivity contribution in [3.05, 3.63) is 35.3 Å². The Morgan fingerprint density at radius 2 is 2.31 bits per heavy atom. The van der Waals surface area contributed by atoms with Crippen LogP contribution >= 0.6 is 0 Å². The van der Waals surface area contributed by atoms with Gasteiger partial charge in [0, 0.05) is 11.6 Å². The molecule has 0 fully saturated rings. The Morgan fingerprint density at radius 1 is 1.62 bits per heavy atom. The first-order chi connectivity index (χ1) is 7.52. The quantitative estimate of drug-likeness (QED) is 0.445. The van der Waals surface area contributed by atoms with Crippen LogP contribution in [0, 0.1) is 0 Å². The first-order valence-corrected chi connectivity index (χ1v) is 4.72. The van der Waals surface area contributed by atoms with Crippen molar-refractivity contribution in [1.29, 1.82) is 0 Å². The predicted octanol–water partition coefficient (Wildman–Crippen LogP) is 1.38. The summed E-state index contributed by atoms with van der Waals surface area (Å²) < 4.78 is 9.35. The van der Waals surface area contributed by atoms with Crippen LogP contribution in [0.15, 0.2) is 35.3 Å². The minimum Gasteiger partial charge on any atom is -0.508 e. The third-order valence-corrected chi connectivity index (χ3v) is 1.73. The lowest BCUT2D eigenvalue weighted by molar-refractivity contribution is -0.137. The number of allylic oxidation sites excluding steroid dienone is 2. The maximum Gasteiger partial charge on any atom is 0.339 e. The fourth-order valence-electron chi connectivity index (χ4n) is 1.05. The van der Waals surface area contributed by atoms with Gasteiger partial charge >= 0.3 is 11.9 Å². The Bertz CT molecular complexity index is 401. The van der Waals surface area contributed by atoms with Crippen molar-refractivity contribution in [2.24, 2.45) is 0 Å². The number of hydrogen-bond acceptors (Lipinski definition) is 5. The Balaban J connectivity index is 2.71. The van der Waals surface area contributed by atoms with E-state index < -0.39 is 11.9 Å². The molecule has 0 radical (unpaired) electrons. The molecule has 0 bridgehead atoms. The van der Waals surface area contributed by atoms with Gasteiger partial charge in [0.15, 0.2) is 0 Å². The van der Waals surface area contributed by atoms with Crippen LogP contribution in [0.2, 0.25) is 0 Å². The van der Waals surface area contributed by atoms with Gasteiger partial charge in [-0.25, -0.2) is 9.59 Å². The van der Waals surface area contributed by atoms with Gasteiger partial charge in [0.1, 0.15) is 11.5 Å². The number of carbonyl (C=O) groups is 2. The summed E-state index contributed by atoms with van der Waals surface area (Å²) in [5.41, 5.74) is 0.440. The molecule has 0 amide bonds. The van der Waals surface area contributed by atoms with Crippen LogP contribution in [-0.4, -0.2) is 23.7 Å². The highest BCUT2D eigenvalue weighted by Gasteiger charge is 2.16. The molecule has 0 spiro atoms. The fraction of sp³-hybridized carbons (Fsp3) is 0.273. The molecule has 1 N–H and O–H groups in total. The smallest absolute Gasteiger partial charge is 0.339 e. The predicted molar refractivity (Wildman–Crippen MR) is 55.3 cm³/mol. The van der Waals surface area contributed by atoms with Crippen molar-refractivity contribution in [2.75, 3.05) is 6.61 Å². The second-order valence-electron chi connectivity index (χ2n) is 3.08. The Morgan fingerprint density at radius 3 is 2.81 bits per heavy atom. The lowest BCUT2D eigenvalue weighted by Gasteiger charge is -1.97. The molecule has 1 aliphatic rings. The van der Waals surface area contributed by atoms with Gasteiger partial charge in [0.25, 0.3) is 0 Å². The van der Waals surface area contributed by atoms with E-state index in [1.54, 1.807) is 13.8 Å². The maximum absolute atomic E-state index is 11.0. The van der Waals surface area contributed by atoms with Gasteiger partial charge in [0.2, 0.25) is 0 Å². The average molecular weight is 224 g/mol. The van der Waals surface area contributed by atoms with Gasteiger partial charge in [-0.15, -0.1) is 0 Å². The van der Waals surface area contributed by atoms with Crippen molar-refractivity contribution in [1.82, 2.24) is 0 Å². The fourth-order valence-corrected chi connectivity index (χ4v) is 1.05.